The molecule has 0 bridgehead atoms. The summed E-state index contributed by atoms with van der Waals surface area (Å²) in [6, 6.07) is 7.58. The van der Waals surface area contributed by atoms with E-state index in [2.05, 4.69) is 5.32 Å². The van der Waals surface area contributed by atoms with Crippen molar-refractivity contribution in [3.63, 3.8) is 0 Å². The van der Waals surface area contributed by atoms with E-state index in [0.29, 0.717) is 42.3 Å². The van der Waals surface area contributed by atoms with E-state index in [1.807, 2.05) is 12.3 Å². The van der Waals surface area contributed by atoms with Gasteiger partial charge in [0.2, 0.25) is 5.91 Å². The van der Waals surface area contributed by atoms with Gasteiger partial charge in [-0.2, -0.15) is 0 Å². The Kier molecular flexibility index (Phi) is 5.85. The Bertz CT molecular complexity index is 1220. The normalized spacial score (nSPS) is 12.7. The van der Waals surface area contributed by atoms with Crippen LogP contribution in [0.4, 0.5) is 11.4 Å². The molecule has 0 spiro atoms. The Morgan fingerprint density at radius 1 is 1.23 bits per heavy atom. The van der Waals surface area contributed by atoms with Gasteiger partial charge in [0, 0.05) is 30.0 Å². The van der Waals surface area contributed by atoms with E-state index < -0.39 is 10.7 Å². The molecule has 3 aromatic rings. The van der Waals surface area contributed by atoms with Gasteiger partial charge in [0.05, 0.1) is 22.2 Å². The molecule has 1 aliphatic heterocycles. The first-order chi connectivity index (χ1) is 15.0. The van der Waals surface area contributed by atoms with Crippen LogP contribution in [0.3, 0.4) is 0 Å². The van der Waals surface area contributed by atoms with E-state index in [-0.39, 0.29) is 30.1 Å². The summed E-state index contributed by atoms with van der Waals surface area (Å²) < 4.78 is 17.6. The zero-order valence-corrected chi connectivity index (χ0v) is 17.4. The zero-order valence-electron chi connectivity index (χ0n) is 16.6. The summed E-state index contributed by atoms with van der Waals surface area (Å²) in [5.74, 6) is 0.417. The molecule has 0 aliphatic carbocycles. The molecule has 0 radical (unpaired) electrons. The Morgan fingerprint density at radius 2 is 1.97 bits per heavy atom. The van der Waals surface area contributed by atoms with Crippen molar-refractivity contribution in [3.8, 4) is 11.5 Å². The SMILES string of the molecule is CSc1cc2c(cc1NC(=O)CCCn1c(=O)oc3cc([N+](=O)[O-])ccc31)OCCO2. The number of carbonyl (C=O) groups excluding carboxylic acids is 1. The molecule has 4 rings (SSSR count). The monoisotopic (exact) mass is 445 g/mol. The van der Waals surface area contributed by atoms with Crippen LogP contribution in [0.15, 0.2) is 44.4 Å². The minimum atomic E-state index is -0.618. The fourth-order valence-corrected chi connectivity index (χ4v) is 3.88. The molecular weight excluding hydrogens is 426 g/mol. The van der Waals surface area contributed by atoms with Gasteiger partial charge in [-0.15, -0.1) is 11.8 Å². The van der Waals surface area contributed by atoms with Gasteiger partial charge < -0.3 is 19.2 Å². The number of thioether (sulfide) groups is 1. The molecule has 1 aromatic heterocycles. The Balaban J connectivity index is 1.42. The van der Waals surface area contributed by atoms with E-state index >= 15 is 0 Å². The third kappa shape index (κ3) is 4.36. The van der Waals surface area contributed by atoms with E-state index in [1.54, 1.807) is 6.07 Å². The molecule has 2 heterocycles. The highest BCUT2D eigenvalue weighted by molar-refractivity contribution is 7.98. The molecule has 2 aromatic carbocycles. The first-order valence-electron chi connectivity index (χ1n) is 9.51. The third-order valence-corrected chi connectivity index (χ3v) is 5.56. The summed E-state index contributed by atoms with van der Waals surface area (Å²) in [6.07, 6.45) is 2.46. The number of aryl methyl sites for hydroxylation is 1. The second-order valence-electron chi connectivity index (χ2n) is 6.78. The Morgan fingerprint density at radius 3 is 2.68 bits per heavy atom. The molecule has 0 saturated carbocycles. The number of amides is 1. The van der Waals surface area contributed by atoms with Crippen molar-refractivity contribution in [1.29, 1.82) is 0 Å². The van der Waals surface area contributed by atoms with Gasteiger partial charge in [0.1, 0.15) is 13.2 Å². The predicted molar refractivity (Wildman–Crippen MR) is 114 cm³/mol. The number of nitrogens with one attached hydrogen (secondary N) is 1. The summed E-state index contributed by atoms with van der Waals surface area (Å²) in [5, 5.41) is 13.8. The molecule has 1 aliphatic rings. The molecule has 31 heavy (non-hydrogen) atoms. The molecular formula is C20H19N3O7S. The van der Waals surface area contributed by atoms with Crippen molar-refractivity contribution >= 4 is 40.1 Å². The van der Waals surface area contributed by atoms with Gasteiger partial charge in [-0.3, -0.25) is 19.5 Å². The van der Waals surface area contributed by atoms with Crippen LogP contribution < -0.4 is 20.5 Å². The van der Waals surface area contributed by atoms with E-state index in [1.165, 1.54) is 34.5 Å². The number of non-ortho nitro benzene ring substituents is 1. The zero-order chi connectivity index (χ0) is 22.0. The van der Waals surface area contributed by atoms with Gasteiger partial charge in [0.15, 0.2) is 17.1 Å². The van der Waals surface area contributed by atoms with Gasteiger partial charge in [-0.25, -0.2) is 4.79 Å². The van der Waals surface area contributed by atoms with Crippen LogP contribution in [0.5, 0.6) is 11.5 Å². The van der Waals surface area contributed by atoms with Gasteiger partial charge >= 0.3 is 5.76 Å². The number of ether oxygens (including phenoxy) is 2. The quantitative estimate of drug-likeness (QED) is 0.333. The number of hydrogen-bond acceptors (Lipinski definition) is 8. The summed E-state index contributed by atoms with van der Waals surface area (Å²) in [5.41, 5.74) is 1.08. The fraction of sp³-hybridized carbons (Fsp3) is 0.300. The topological polar surface area (TPSA) is 126 Å². The van der Waals surface area contributed by atoms with Crippen molar-refractivity contribution in [3.05, 3.63) is 51.0 Å². The number of hydrogen-bond donors (Lipinski definition) is 1. The van der Waals surface area contributed by atoms with Gasteiger partial charge in [0.25, 0.3) is 5.69 Å². The minimum absolute atomic E-state index is 0.143. The molecule has 0 atom stereocenters. The molecule has 1 amide bonds. The number of oxazole rings is 1. The average Bonchev–Trinajstić information content (AvgIpc) is 3.07. The standard InChI is InChI=1S/C20H19N3O7S/c1-31-18-11-17-16(28-7-8-29-17)10-13(18)21-19(24)3-2-6-22-14-5-4-12(23(26)27)9-15(14)30-20(22)25/h4-5,9-11H,2-3,6-8H2,1H3,(H,21,24). The number of nitrogens with zero attached hydrogens (tertiary/aromatic N) is 2. The molecule has 0 unspecified atom stereocenters. The maximum Gasteiger partial charge on any atom is 0.419 e. The average molecular weight is 445 g/mol. The first-order valence-corrected chi connectivity index (χ1v) is 10.7. The summed E-state index contributed by atoms with van der Waals surface area (Å²) in [6.45, 7) is 1.19. The van der Waals surface area contributed by atoms with Crippen molar-refractivity contribution in [2.24, 2.45) is 0 Å². The second kappa shape index (κ2) is 8.72. The lowest BCUT2D eigenvalue weighted by molar-refractivity contribution is -0.384. The maximum atomic E-state index is 12.5. The molecule has 0 fully saturated rings. The van der Waals surface area contributed by atoms with Crippen LogP contribution in [-0.4, -0.2) is 34.9 Å². The molecule has 0 saturated heterocycles. The van der Waals surface area contributed by atoms with Crippen LogP contribution in [-0.2, 0) is 11.3 Å². The molecule has 11 heteroatoms. The summed E-state index contributed by atoms with van der Waals surface area (Å²) in [4.78, 5) is 35.8. The Labute approximate surface area is 180 Å². The van der Waals surface area contributed by atoms with E-state index in [0.717, 1.165) is 4.90 Å². The largest absolute Gasteiger partial charge is 0.486 e. The fourth-order valence-electron chi connectivity index (χ4n) is 3.33. The highest BCUT2D eigenvalue weighted by Gasteiger charge is 2.18. The summed E-state index contributed by atoms with van der Waals surface area (Å²) in [7, 11) is 0. The van der Waals surface area contributed by atoms with Crippen molar-refractivity contribution < 1.29 is 23.6 Å². The minimum Gasteiger partial charge on any atom is -0.486 e. The first kappa shape index (κ1) is 20.8. The number of nitro benzene ring substituents is 1. The number of nitro groups is 1. The number of benzene rings is 2. The highest BCUT2D eigenvalue weighted by Crippen LogP contribution is 2.39. The van der Waals surface area contributed by atoms with Crippen LogP contribution >= 0.6 is 11.8 Å². The molecule has 10 nitrogen and oxygen atoms in total. The van der Waals surface area contributed by atoms with E-state index in [4.69, 9.17) is 13.9 Å². The van der Waals surface area contributed by atoms with Crippen LogP contribution in [0, 0.1) is 10.1 Å². The lowest BCUT2D eigenvalue weighted by Gasteiger charge is -2.21. The molecule has 162 valence electrons. The van der Waals surface area contributed by atoms with Crippen LogP contribution in [0.1, 0.15) is 12.8 Å². The Hall–Kier alpha value is -3.47. The number of fused-ring (bicyclic) bond motifs is 2. The van der Waals surface area contributed by atoms with Crippen LogP contribution in [0.25, 0.3) is 11.1 Å². The van der Waals surface area contributed by atoms with Crippen molar-refractivity contribution in [2.75, 3.05) is 24.8 Å². The van der Waals surface area contributed by atoms with Crippen LogP contribution in [0.2, 0.25) is 0 Å². The summed E-state index contributed by atoms with van der Waals surface area (Å²) >= 11 is 1.48. The lowest BCUT2D eigenvalue weighted by atomic mass is 10.2. The van der Waals surface area contributed by atoms with Gasteiger partial charge in [-0.05, 0) is 24.8 Å². The third-order valence-electron chi connectivity index (χ3n) is 4.79. The lowest BCUT2D eigenvalue weighted by Crippen LogP contribution is -2.18. The maximum absolute atomic E-state index is 12.5. The predicted octanol–water partition coefficient (Wildman–Crippen LogP) is 3.41. The molecule has 1 N–H and O–H groups in total. The number of aromatic nitrogens is 1. The van der Waals surface area contributed by atoms with Crippen molar-refractivity contribution in [1.82, 2.24) is 4.57 Å². The number of carbonyl (C=O) groups is 1. The smallest absolute Gasteiger partial charge is 0.419 e. The highest BCUT2D eigenvalue weighted by atomic mass is 32.2. The number of rotatable bonds is 7. The second-order valence-corrected chi connectivity index (χ2v) is 7.62. The van der Waals surface area contributed by atoms with Crippen molar-refractivity contribution in [2.45, 2.75) is 24.3 Å². The number of anilines is 1. The van der Waals surface area contributed by atoms with Gasteiger partial charge in [-0.1, -0.05) is 0 Å². The van der Waals surface area contributed by atoms with E-state index in [9.17, 15) is 19.7 Å².